The van der Waals surface area contributed by atoms with Crippen LogP contribution in [0.2, 0.25) is 0 Å². The first-order chi connectivity index (χ1) is 9.06. The van der Waals surface area contributed by atoms with Gasteiger partial charge in [0.05, 0.1) is 0 Å². The Morgan fingerprint density at radius 3 is 2.63 bits per heavy atom. The van der Waals surface area contributed by atoms with Crippen LogP contribution < -0.4 is 10.2 Å². The molecule has 1 aromatic heterocycles. The Balaban J connectivity index is 2.29. The molecule has 0 radical (unpaired) electrons. The lowest BCUT2D eigenvalue weighted by molar-refractivity contribution is 0.422. The molecule has 1 N–H and O–H groups in total. The fourth-order valence-electron chi connectivity index (χ4n) is 2.78. The van der Waals surface area contributed by atoms with Crippen LogP contribution >= 0.6 is 0 Å². The van der Waals surface area contributed by atoms with Crippen LogP contribution in [0.1, 0.15) is 38.6 Å². The number of nitrogens with one attached hydrogen (secondary N) is 1. The third-order valence-corrected chi connectivity index (χ3v) is 4.19. The van der Waals surface area contributed by atoms with Gasteiger partial charge in [-0.2, -0.15) is 0 Å². The molecule has 1 aliphatic rings. The monoisotopic (exact) mass is 262 g/mol. The topological polar surface area (TPSA) is 41.1 Å². The Morgan fingerprint density at radius 2 is 2.11 bits per heavy atom. The van der Waals surface area contributed by atoms with Gasteiger partial charge in [0.25, 0.3) is 0 Å². The maximum Gasteiger partial charge on any atom is 0.137 e. The highest BCUT2D eigenvalue weighted by Gasteiger charge is 2.27. The zero-order chi connectivity index (χ0) is 14.0. The van der Waals surface area contributed by atoms with Crippen molar-refractivity contribution in [2.45, 2.75) is 40.5 Å². The second-order valence-corrected chi connectivity index (χ2v) is 5.78. The fourth-order valence-corrected chi connectivity index (χ4v) is 2.78. The summed E-state index contributed by atoms with van der Waals surface area (Å²) in [5.74, 6) is 4.56. The predicted molar refractivity (Wildman–Crippen MR) is 80.9 cm³/mol. The molecule has 1 fully saturated rings. The molecule has 2 rings (SSSR count). The van der Waals surface area contributed by atoms with Gasteiger partial charge in [0, 0.05) is 32.1 Å². The highest BCUT2D eigenvalue weighted by molar-refractivity contribution is 5.58. The Kier molecular flexibility index (Phi) is 4.27. The molecule has 4 nitrogen and oxygen atoms in total. The molecule has 1 aliphatic heterocycles. The van der Waals surface area contributed by atoms with Crippen molar-refractivity contribution in [1.29, 1.82) is 0 Å². The zero-order valence-corrected chi connectivity index (χ0v) is 12.8. The number of nitrogens with zero attached hydrogens (tertiary/aromatic N) is 3. The van der Waals surface area contributed by atoms with E-state index in [0.717, 1.165) is 48.8 Å². The Hall–Kier alpha value is -1.32. The van der Waals surface area contributed by atoms with Gasteiger partial charge in [-0.3, -0.25) is 0 Å². The van der Waals surface area contributed by atoms with Gasteiger partial charge in [0.15, 0.2) is 0 Å². The van der Waals surface area contributed by atoms with Crippen molar-refractivity contribution in [2.75, 3.05) is 30.4 Å². The normalized spacial score (nSPS) is 19.3. The molecule has 1 saturated heterocycles. The molecule has 2 heterocycles. The standard InChI is InChI=1S/C15H26N4/c1-6-13-17-14(16-5)11(4)15(18-13)19-8-7-12(9-19)10(2)3/h10,12H,6-9H2,1-5H3,(H,16,17,18). The Morgan fingerprint density at radius 1 is 1.37 bits per heavy atom. The van der Waals surface area contributed by atoms with Crippen molar-refractivity contribution in [3.05, 3.63) is 11.4 Å². The van der Waals surface area contributed by atoms with Gasteiger partial charge in [-0.05, 0) is 25.2 Å². The number of rotatable bonds is 4. The highest BCUT2D eigenvalue weighted by Crippen LogP contribution is 2.31. The summed E-state index contributed by atoms with van der Waals surface area (Å²) in [6, 6.07) is 0. The van der Waals surface area contributed by atoms with E-state index in [-0.39, 0.29) is 0 Å². The second kappa shape index (κ2) is 5.76. The molecule has 1 atom stereocenters. The molecule has 19 heavy (non-hydrogen) atoms. The summed E-state index contributed by atoms with van der Waals surface area (Å²) in [6.07, 6.45) is 2.15. The summed E-state index contributed by atoms with van der Waals surface area (Å²) < 4.78 is 0. The van der Waals surface area contributed by atoms with Gasteiger partial charge >= 0.3 is 0 Å². The Bertz CT molecular complexity index is 442. The van der Waals surface area contributed by atoms with E-state index in [0.29, 0.717) is 0 Å². The quantitative estimate of drug-likeness (QED) is 0.906. The number of aryl methyl sites for hydroxylation is 1. The van der Waals surface area contributed by atoms with Crippen LogP contribution in [-0.4, -0.2) is 30.1 Å². The van der Waals surface area contributed by atoms with Crippen LogP contribution in [-0.2, 0) is 6.42 Å². The van der Waals surface area contributed by atoms with Gasteiger partial charge < -0.3 is 10.2 Å². The van der Waals surface area contributed by atoms with E-state index in [9.17, 15) is 0 Å². The third-order valence-electron chi connectivity index (χ3n) is 4.19. The van der Waals surface area contributed by atoms with Crippen molar-refractivity contribution in [2.24, 2.45) is 11.8 Å². The average Bonchev–Trinajstić information content (AvgIpc) is 2.88. The van der Waals surface area contributed by atoms with Crippen molar-refractivity contribution in [3.63, 3.8) is 0 Å². The van der Waals surface area contributed by atoms with E-state index in [4.69, 9.17) is 4.98 Å². The summed E-state index contributed by atoms with van der Waals surface area (Å²) in [5, 5.41) is 3.19. The van der Waals surface area contributed by atoms with Crippen molar-refractivity contribution < 1.29 is 0 Å². The van der Waals surface area contributed by atoms with Crippen molar-refractivity contribution in [1.82, 2.24) is 9.97 Å². The lowest BCUT2D eigenvalue weighted by Gasteiger charge is -2.22. The minimum atomic E-state index is 0.751. The summed E-state index contributed by atoms with van der Waals surface area (Å²) in [4.78, 5) is 11.7. The van der Waals surface area contributed by atoms with Crippen LogP contribution in [0.4, 0.5) is 11.6 Å². The van der Waals surface area contributed by atoms with Crippen molar-refractivity contribution >= 4 is 11.6 Å². The van der Waals surface area contributed by atoms with Gasteiger partial charge in [-0.1, -0.05) is 20.8 Å². The first-order valence-corrected chi connectivity index (χ1v) is 7.37. The lowest BCUT2D eigenvalue weighted by atomic mass is 9.95. The zero-order valence-electron chi connectivity index (χ0n) is 12.8. The number of anilines is 2. The van der Waals surface area contributed by atoms with Crippen LogP contribution in [0.3, 0.4) is 0 Å². The molecule has 4 heteroatoms. The molecule has 106 valence electrons. The Labute approximate surface area is 116 Å². The smallest absolute Gasteiger partial charge is 0.137 e. The first-order valence-electron chi connectivity index (χ1n) is 7.37. The minimum absolute atomic E-state index is 0.751. The van der Waals surface area contributed by atoms with Gasteiger partial charge in [-0.15, -0.1) is 0 Å². The third kappa shape index (κ3) is 2.82. The fraction of sp³-hybridized carbons (Fsp3) is 0.733. The maximum absolute atomic E-state index is 4.75. The van der Waals surface area contributed by atoms with E-state index in [1.807, 2.05) is 7.05 Å². The van der Waals surface area contributed by atoms with Crippen LogP contribution in [0.5, 0.6) is 0 Å². The average molecular weight is 262 g/mol. The summed E-state index contributed by atoms with van der Waals surface area (Å²) in [6.45, 7) is 11.1. The molecule has 0 aromatic carbocycles. The molecule has 0 saturated carbocycles. The molecule has 0 spiro atoms. The molecule has 1 aromatic rings. The minimum Gasteiger partial charge on any atom is -0.373 e. The molecular formula is C15H26N4. The van der Waals surface area contributed by atoms with E-state index in [1.54, 1.807) is 0 Å². The number of hydrogen-bond acceptors (Lipinski definition) is 4. The number of hydrogen-bond donors (Lipinski definition) is 1. The van der Waals surface area contributed by atoms with Crippen LogP contribution in [0, 0.1) is 18.8 Å². The molecule has 0 bridgehead atoms. The second-order valence-electron chi connectivity index (χ2n) is 5.78. The van der Waals surface area contributed by atoms with E-state index in [1.165, 1.54) is 12.0 Å². The van der Waals surface area contributed by atoms with Crippen LogP contribution in [0.25, 0.3) is 0 Å². The van der Waals surface area contributed by atoms with Crippen molar-refractivity contribution in [3.8, 4) is 0 Å². The van der Waals surface area contributed by atoms with Gasteiger partial charge in [-0.25, -0.2) is 9.97 Å². The molecular weight excluding hydrogens is 236 g/mol. The first kappa shape index (κ1) is 14.1. The largest absolute Gasteiger partial charge is 0.373 e. The molecule has 0 aliphatic carbocycles. The predicted octanol–water partition coefficient (Wildman–Crippen LogP) is 2.87. The summed E-state index contributed by atoms with van der Waals surface area (Å²) >= 11 is 0. The SMILES string of the molecule is CCc1nc(NC)c(C)c(N2CCC(C(C)C)C2)n1. The highest BCUT2D eigenvalue weighted by atomic mass is 15.2. The van der Waals surface area contributed by atoms with E-state index >= 15 is 0 Å². The lowest BCUT2D eigenvalue weighted by Crippen LogP contribution is -2.24. The van der Waals surface area contributed by atoms with Gasteiger partial charge in [0.1, 0.15) is 17.5 Å². The summed E-state index contributed by atoms with van der Waals surface area (Å²) in [5.41, 5.74) is 1.17. The van der Waals surface area contributed by atoms with Gasteiger partial charge in [0.2, 0.25) is 0 Å². The maximum atomic E-state index is 4.75. The van der Waals surface area contributed by atoms with E-state index < -0.39 is 0 Å². The van der Waals surface area contributed by atoms with Crippen LogP contribution in [0.15, 0.2) is 0 Å². The summed E-state index contributed by atoms with van der Waals surface area (Å²) in [7, 11) is 1.93. The number of aromatic nitrogens is 2. The molecule has 0 amide bonds. The molecule has 1 unspecified atom stereocenters. The van der Waals surface area contributed by atoms with E-state index in [2.05, 4.69) is 42.9 Å².